The molecule has 0 unspecified atom stereocenters. The Kier molecular flexibility index (Phi) is 1.97. The molecule has 2 aliphatic carbocycles. The number of hydrogen-bond acceptors (Lipinski definition) is 4. The number of Topliss-reactive ketones (excluding diaryl/α,β-unsaturated/α-hetero) is 2. The molecule has 82 valence electrons. The molecule has 2 rings (SSSR count). The summed E-state index contributed by atoms with van der Waals surface area (Å²) in [5.41, 5.74) is -1.92. The molecule has 0 radical (unpaired) electrons. The Hall–Kier alpha value is -1.68. The molecule has 2 saturated carbocycles. The zero-order valence-corrected chi connectivity index (χ0v) is 9.28. The van der Waals surface area contributed by atoms with Crippen molar-refractivity contribution in [2.75, 3.05) is 0 Å². The van der Waals surface area contributed by atoms with Crippen LogP contribution in [-0.4, -0.2) is 11.6 Å². The summed E-state index contributed by atoms with van der Waals surface area (Å²) >= 11 is 0. The van der Waals surface area contributed by atoms with Crippen LogP contribution in [0.15, 0.2) is 0 Å². The Morgan fingerprint density at radius 2 is 1.31 bits per heavy atom. The summed E-state index contributed by atoms with van der Waals surface area (Å²) in [5.74, 6) is -1.37. The number of carbonyl (C=O) groups excluding carboxylic acids is 2. The maximum absolute atomic E-state index is 12.0. The van der Waals surface area contributed by atoms with Gasteiger partial charge in [0.25, 0.3) is 0 Å². The number of hydrogen-bond donors (Lipinski definition) is 0. The van der Waals surface area contributed by atoms with E-state index in [1.165, 1.54) is 0 Å². The quantitative estimate of drug-likeness (QED) is 0.609. The van der Waals surface area contributed by atoms with Crippen LogP contribution in [0.25, 0.3) is 0 Å². The molecule has 0 aliphatic heterocycles. The minimum Gasteiger partial charge on any atom is -0.299 e. The molecule has 0 aromatic heterocycles. The Morgan fingerprint density at radius 1 is 1.00 bits per heavy atom. The molecule has 0 amide bonds. The fourth-order valence-corrected chi connectivity index (χ4v) is 3.24. The van der Waals surface area contributed by atoms with E-state index in [9.17, 15) is 9.59 Å². The van der Waals surface area contributed by atoms with E-state index in [2.05, 4.69) is 12.1 Å². The summed E-state index contributed by atoms with van der Waals surface area (Å²) in [4.78, 5) is 24.0. The molecule has 0 spiro atoms. The van der Waals surface area contributed by atoms with E-state index in [0.29, 0.717) is 0 Å². The number of rotatable bonds is 0. The van der Waals surface area contributed by atoms with E-state index in [1.54, 1.807) is 13.8 Å². The molecule has 0 saturated heterocycles. The normalized spacial score (nSPS) is 46.2. The first-order chi connectivity index (χ1) is 7.42. The van der Waals surface area contributed by atoms with Crippen molar-refractivity contribution >= 4 is 11.6 Å². The zero-order valence-electron chi connectivity index (χ0n) is 9.28. The van der Waals surface area contributed by atoms with Crippen molar-refractivity contribution in [3.05, 3.63) is 0 Å². The van der Waals surface area contributed by atoms with E-state index in [4.69, 9.17) is 10.5 Å². The van der Waals surface area contributed by atoms with Gasteiger partial charge in [-0.25, -0.2) is 0 Å². The molecule has 2 fully saturated rings. The molecule has 0 bridgehead atoms. The molecular weight excluding hydrogens is 204 g/mol. The van der Waals surface area contributed by atoms with Crippen LogP contribution in [0, 0.1) is 45.3 Å². The van der Waals surface area contributed by atoms with Gasteiger partial charge < -0.3 is 0 Å². The number of nitrogens with zero attached hydrogens (tertiary/aromatic N) is 2. The first-order valence-electron chi connectivity index (χ1n) is 5.28. The first-order valence-corrected chi connectivity index (χ1v) is 5.28. The molecule has 4 nitrogen and oxygen atoms in total. The lowest BCUT2D eigenvalue weighted by molar-refractivity contribution is -0.135. The lowest BCUT2D eigenvalue weighted by atomic mass is 9.64. The second-order valence-corrected chi connectivity index (χ2v) is 5.02. The zero-order chi connectivity index (χ0) is 12.1. The third-order valence-electron chi connectivity index (χ3n) is 4.72. The van der Waals surface area contributed by atoms with Crippen molar-refractivity contribution in [1.82, 2.24) is 0 Å². The maximum Gasteiger partial charge on any atom is 0.142 e. The predicted octanol–water partition coefficient (Wildman–Crippen LogP) is 1.22. The van der Waals surface area contributed by atoms with Gasteiger partial charge in [0.1, 0.15) is 11.6 Å². The van der Waals surface area contributed by atoms with Crippen LogP contribution in [0.5, 0.6) is 0 Å². The van der Waals surface area contributed by atoms with Crippen LogP contribution in [0.2, 0.25) is 0 Å². The SMILES string of the molecule is C[C@@]12C(=O)C[C@@H](C#N)[C@]1(C)C(=O)C[C@H]2C#N. The minimum atomic E-state index is -0.959. The number of fused-ring (bicyclic) bond motifs is 1. The summed E-state index contributed by atoms with van der Waals surface area (Å²) in [5, 5.41) is 18.1. The third-order valence-corrected chi connectivity index (χ3v) is 4.72. The van der Waals surface area contributed by atoms with E-state index < -0.39 is 22.7 Å². The number of ketones is 2. The van der Waals surface area contributed by atoms with E-state index in [-0.39, 0.29) is 24.4 Å². The van der Waals surface area contributed by atoms with Gasteiger partial charge in [-0.2, -0.15) is 10.5 Å². The van der Waals surface area contributed by atoms with Crippen molar-refractivity contribution in [2.24, 2.45) is 22.7 Å². The van der Waals surface area contributed by atoms with Gasteiger partial charge in [0.05, 0.1) is 34.8 Å². The molecule has 4 atom stereocenters. The van der Waals surface area contributed by atoms with E-state index >= 15 is 0 Å². The highest BCUT2D eigenvalue weighted by atomic mass is 16.1. The van der Waals surface area contributed by atoms with Crippen LogP contribution < -0.4 is 0 Å². The van der Waals surface area contributed by atoms with E-state index in [1.807, 2.05) is 0 Å². The molecule has 4 heteroatoms. The Balaban J connectivity index is 2.65. The van der Waals surface area contributed by atoms with Gasteiger partial charge in [-0.1, -0.05) is 13.8 Å². The van der Waals surface area contributed by atoms with Crippen molar-refractivity contribution in [3.8, 4) is 12.1 Å². The highest BCUT2D eigenvalue weighted by Gasteiger charge is 2.71. The molecule has 2 aliphatic rings. The van der Waals surface area contributed by atoms with Crippen molar-refractivity contribution in [3.63, 3.8) is 0 Å². The molecule has 16 heavy (non-hydrogen) atoms. The van der Waals surface area contributed by atoms with Crippen LogP contribution >= 0.6 is 0 Å². The van der Waals surface area contributed by atoms with E-state index in [0.717, 1.165) is 0 Å². The molecular formula is C12H12N2O2. The first kappa shape index (κ1) is 10.8. The van der Waals surface area contributed by atoms with Crippen LogP contribution in [0.3, 0.4) is 0 Å². The van der Waals surface area contributed by atoms with Gasteiger partial charge in [0, 0.05) is 12.8 Å². The standard InChI is InChI=1S/C12H12N2O2/c1-11-7(5-13)3-10(16)12(11,2)8(6-14)4-9(11)15/h7-8H,3-4H2,1-2H3/t7-,8-,11+,12+/m0/s1. The number of carbonyl (C=O) groups is 2. The van der Waals surface area contributed by atoms with Gasteiger partial charge >= 0.3 is 0 Å². The average molecular weight is 216 g/mol. The smallest absolute Gasteiger partial charge is 0.142 e. The minimum absolute atomic E-state index is 0.105. The third kappa shape index (κ3) is 0.841. The fraction of sp³-hybridized carbons (Fsp3) is 0.667. The van der Waals surface area contributed by atoms with Crippen molar-refractivity contribution < 1.29 is 9.59 Å². The van der Waals surface area contributed by atoms with Gasteiger partial charge in [0.15, 0.2) is 0 Å². The average Bonchev–Trinajstić information content (AvgIpc) is 2.59. The highest BCUT2D eigenvalue weighted by molar-refractivity contribution is 6.03. The summed E-state index contributed by atoms with van der Waals surface area (Å²) in [7, 11) is 0. The largest absolute Gasteiger partial charge is 0.299 e. The van der Waals surface area contributed by atoms with Crippen LogP contribution in [0.4, 0.5) is 0 Å². The predicted molar refractivity (Wildman–Crippen MR) is 53.7 cm³/mol. The van der Waals surface area contributed by atoms with Gasteiger partial charge in [0.2, 0.25) is 0 Å². The Morgan fingerprint density at radius 3 is 1.56 bits per heavy atom. The lowest BCUT2D eigenvalue weighted by Crippen LogP contribution is -2.42. The summed E-state index contributed by atoms with van der Waals surface area (Å²) in [6, 6.07) is 4.11. The number of nitriles is 2. The second kappa shape index (κ2) is 2.92. The molecule has 0 aromatic rings. The van der Waals surface area contributed by atoms with Crippen molar-refractivity contribution in [2.45, 2.75) is 26.7 Å². The Bertz CT molecular complexity index is 426. The topological polar surface area (TPSA) is 81.7 Å². The van der Waals surface area contributed by atoms with Gasteiger partial charge in [-0.15, -0.1) is 0 Å². The highest BCUT2D eigenvalue weighted by Crippen LogP contribution is 2.63. The summed E-state index contributed by atoms with van der Waals surface area (Å²) in [6.45, 7) is 3.34. The van der Waals surface area contributed by atoms with Crippen molar-refractivity contribution in [1.29, 1.82) is 10.5 Å². The summed E-state index contributed by atoms with van der Waals surface area (Å²) < 4.78 is 0. The fourth-order valence-electron chi connectivity index (χ4n) is 3.24. The van der Waals surface area contributed by atoms with Crippen LogP contribution in [0.1, 0.15) is 26.7 Å². The summed E-state index contributed by atoms with van der Waals surface area (Å²) in [6.07, 6.45) is 0.209. The van der Waals surface area contributed by atoms with Crippen LogP contribution in [-0.2, 0) is 9.59 Å². The lowest BCUT2D eigenvalue weighted by Gasteiger charge is -2.34. The molecule has 0 N–H and O–H groups in total. The second-order valence-electron chi connectivity index (χ2n) is 5.02. The van der Waals surface area contributed by atoms with Gasteiger partial charge in [-0.3, -0.25) is 9.59 Å². The molecule has 0 aromatic carbocycles. The molecule has 0 heterocycles. The Labute approximate surface area is 93.9 Å². The van der Waals surface area contributed by atoms with Gasteiger partial charge in [-0.05, 0) is 0 Å². The monoisotopic (exact) mass is 216 g/mol. The maximum atomic E-state index is 12.0.